The summed E-state index contributed by atoms with van der Waals surface area (Å²) in [6.07, 6.45) is 1.95. The van der Waals surface area contributed by atoms with Gasteiger partial charge in [-0.05, 0) is 0 Å². The highest BCUT2D eigenvalue weighted by atomic mass is 32.2. The molecule has 0 saturated carbocycles. The van der Waals surface area contributed by atoms with Crippen LogP contribution < -0.4 is 0 Å². The van der Waals surface area contributed by atoms with E-state index in [1.807, 2.05) is 0 Å². The van der Waals surface area contributed by atoms with Gasteiger partial charge in [0.2, 0.25) is 20.0 Å². The van der Waals surface area contributed by atoms with Gasteiger partial charge in [0.05, 0.1) is 12.5 Å². The molecule has 0 atom stereocenters. The molecular formula is C4H10N2O4S2. The quantitative estimate of drug-likeness (QED) is 0.557. The molecule has 6 nitrogen and oxygen atoms in total. The molecule has 0 radical (unpaired) electrons. The van der Waals surface area contributed by atoms with E-state index in [1.165, 1.54) is 0 Å². The minimum Gasteiger partial charge on any atom is -0.211 e. The molecule has 0 N–H and O–H groups in total. The maximum Gasteiger partial charge on any atom is 0.225 e. The van der Waals surface area contributed by atoms with Crippen LogP contribution >= 0.6 is 0 Å². The molecule has 0 bridgehead atoms. The summed E-state index contributed by atoms with van der Waals surface area (Å²) in [6.45, 7) is 0.484. The van der Waals surface area contributed by atoms with E-state index in [1.54, 1.807) is 0 Å². The lowest BCUT2D eigenvalue weighted by molar-refractivity contribution is 0.0665. The van der Waals surface area contributed by atoms with Gasteiger partial charge < -0.3 is 0 Å². The molecule has 8 heteroatoms. The molecule has 0 aliphatic carbocycles. The predicted molar refractivity (Wildman–Crippen MR) is 43.1 cm³/mol. The van der Waals surface area contributed by atoms with E-state index in [0.29, 0.717) is 0 Å². The van der Waals surface area contributed by atoms with Gasteiger partial charge in [-0.15, -0.1) is 8.83 Å². The van der Waals surface area contributed by atoms with Crippen molar-refractivity contribution in [2.24, 2.45) is 0 Å². The van der Waals surface area contributed by atoms with Gasteiger partial charge in [0.1, 0.15) is 0 Å². The monoisotopic (exact) mass is 214 g/mol. The fourth-order valence-electron chi connectivity index (χ4n) is 0.926. The third-order valence-electron chi connectivity index (χ3n) is 1.50. The Morgan fingerprint density at radius 3 is 1.17 bits per heavy atom. The summed E-state index contributed by atoms with van der Waals surface area (Å²) >= 11 is 0. The van der Waals surface area contributed by atoms with Crippen LogP contribution in [0.4, 0.5) is 0 Å². The standard InChI is InChI=1S/C4H10N2O4S2/c1-11(7,8)5-3-4-6(5)12(2,9)10/h3-4H2,1-2H3. The second kappa shape index (κ2) is 2.66. The molecule has 0 aromatic carbocycles. The van der Waals surface area contributed by atoms with Crippen molar-refractivity contribution in [1.29, 1.82) is 0 Å². The molecule has 0 unspecified atom stereocenters. The van der Waals surface area contributed by atoms with E-state index in [0.717, 1.165) is 21.3 Å². The Morgan fingerprint density at radius 1 is 0.833 bits per heavy atom. The smallest absolute Gasteiger partial charge is 0.211 e. The van der Waals surface area contributed by atoms with Crippen LogP contribution in [-0.4, -0.2) is 51.3 Å². The van der Waals surface area contributed by atoms with E-state index < -0.39 is 20.0 Å². The van der Waals surface area contributed by atoms with Gasteiger partial charge in [0.25, 0.3) is 0 Å². The van der Waals surface area contributed by atoms with Crippen molar-refractivity contribution in [2.45, 2.75) is 0 Å². The first-order chi connectivity index (χ1) is 5.23. The highest BCUT2D eigenvalue weighted by Crippen LogP contribution is 2.17. The van der Waals surface area contributed by atoms with Gasteiger partial charge in [-0.2, -0.15) is 0 Å². The summed E-state index contributed by atoms with van der Waals surface area (Å²) in [5, 5.41) is 0. The fourth-order valence-corrected chi connectivity index (χ4v) is 3.30. The molecule has 0 aromatic rings. The zero-order valence-electron chi connectivity index (χ0n) is 6.76. The van der Waals surface area contributed by atoms with E-state index in [-0.39, 0.29) is 13.1 Å². The van der Waals surface area contributed by atoms with Crippen LogP contribution in [0.2, 0.25) is 0 Å². The number of hydrazine groups is 1. The Hall–Kier alpha value is -0.180. The van der Waals surface area contributed by atoms with Crippen molar-refractivity contribution in [2.75, 3.05) is 25.6 Å². The van der Waals surface area contributed by atoms with Gasteiger partial charge in [-0.25, -0.2) is 16.8 Å². The van der Waals surface area contributed by atoms with Crippen LogP contribution in [0.1, 0.15) is 0 Å². The summed E-state index contributed by atoms with van der Waals surface area (Å²) < 4.78 is 45.2. The number of hydrogen-bond donors (Lipinski definition) is 0. The van der Waals surface area contributed by atoms with Crippen molar-refractivity contribution >= 4 is 20.0 Å². The van der Waals surface area contributed by atoms with Crippen LogP contribution in [0.25, 0.3) is 0 Å². The molecule has 1 aliphatic rings. The first-order valence-corrected chi connectivity index (χ1v) is 6.88. The lowest BCUT2D eigenvalue weighted by Crippen LogP contribution is -2.60. The molecule has 72 valence electrons. The molecule has 1 heterocycles. The topological polar surface area (TPSA) is 74.8 Å². The Morgan fingerprint density at radius 2 is 1.08 bits per heavy atom. The maximum absolute atomic E-state index is 10.9. The Bertz CT molecular complexity index is 332. The molecule has 12 heavy (non-hydrogen) atoms. The lowest BCUT2D eigenvalue weighted by atomic mass is 10.6. The van der Waals surface area contributed by atoms with E-state index in [9.17, 15) is 16.8 Å². The molecule has 1 aliphatic heterocycles. The molecule has 0 amide bonds. The molecule has 0 aromatic heterocycles. The minimum atomic E-state index is -3.42. The average molecular weight is 214 g/mol. The summed E-state index contributed by atoms with van der Waals surface area (Å²) in [6, 6.07) is 0. The molecule has 1 rings (SSSR count). The highest BCUT2D eigenvalue weighted by Gasteiger charge is 2.38. The first kappa shape index (κ1) is 9.90. The van der Waals surface area contributed by atoms with Gasteiger partial charge in [-0.1, -0.05) is 0 Å². The molecule has 1 fully saturated rings. The Labute approximate surface area is 71.8 Å². The van der Waals surface area contributed by atoms with Crippen molar-refractivity contribution < 1.29 is 16.8 Å². The van der Waals surface area contributed by atoms with E-state index in [4.69, 9.17) is 0 Å². The van der Waals surface area contributed by atoms with Crippen LogP contribution in [0, 0.1) is 0 Å². The first-order valence-electron chi connectivity index (χ1n) is 3.18. The highest BCUT2D eigenvalue weighted by molar-refractivity contribution is 7.91. The van der Waals surface area contributed by atoms with Gasteiger partial charge in [0, 0.05) is 13.1 Å². The fraction of sp³-hybridized carbons (Fsp3) is 1.00. The second-order valence-corrected chi connectivity index (χ2v) is 6.39. The zero-order chi connectivity index (χ0) is 9.57. The Balaban J connectivity index is 2.90. The maximum atomic E-state index is 10.9. The largest absolute Gasteiger partial charge is 0.225 e. The SMILES string of the molecule is CS(=O)(=O)N1CCN1S(C)(=O)=O. The van der Waals surface area contributed by atoms with Gasteiger partial charge in [-0.3, -0.25) is 0 Å². The van der Waals surface area contributed by atoms with Crippen molar-refractivity contribution in [3.05, 3.63) is 0 Å². The average Bonchev–Trinajstić information content (AvgIpc) is 1.46. The van der Waals surface area contributed by atoms with Crippen molar-refractivity contribution in [1.82, 2.24) is 8.83 Å². The van der Waals surface area contributed by atoms with E-state index in [2.05, 4.69) is 0 Å². The van der Waals surface area contributed by atoms with Gasteiger partial charge in [0.15, 0.2) is 0 Å². The molecular weight excluding hydrogens is 204 g/mol. The summed E-state index contributed by atoms with van der Waals surface area (Å²) in [5.41, 5.74) is 0. The van der Waals surface area contributed by atoms with Crippen LogP contribution in [0.5, 0.6) is 0 Å². The number of hydrogen-bond acceptors (Lipinski definition) is 4. The Kier molecular flexibility index (Phi) is 2.19. The molecule has 1 saturated heterocycles. The molecule has 0 spiro atoms. The number of nitrogens with zero attached hydrogens (tertiary/aromatic N) is 2. The number of rotatable bonds is 2. The van der Waals surface area contributed by atoms with E-state index >= 15 is 0 Å². The third kappa shape index (κ3) is 1.76. The summed E-state index contributed by atoms with van der Waals surface area (Å²) in [4.78, 5) is 0. The summed E-state index contributed by atoms with van der Waals surface area (Å²) in [7, 11) is -6.84. The van der Waals surface area contributed by atoms with Crippen molar-refractivity contribution in [3.8, 4) is 0 Å². The number of sulfonamides is 2. The minimum absolute atomic E-state index is 0.242. The zero-order valence-corrected chi connectivity index (χ0v) is 8.39. The van der Waals surface area contributed by atoms with Crippen LogP contribution in [0.15, 0.2) is 0 Å². The predicted octanol–water partition coefficient (Wildman–Crippen LogP) is -1.56. The van der Waals surface area contributed by atoms with Crippen molar-refractivity contribution in [3.63, 3.8) is 0 Å². The third-order valence-corrected chi connectivity index (χ3v) is 3.89. The summed E-state index contributed by atoms with van der Waals surface area (Å²) in [5.74, 6) is 0. The second-order valence-electron chi connectivity index (χ2n) is 2.62. The van der Waals surface area contributed by atoms with Crippen LogP contribution in [-0.2, 0) is 20.0 Å². The van der Waals surface area contributed by atoms with Crippen LogP contribution in [0.3, 0.4) is 0 Å². The lowest BCUT2D eigenvalue weighted by Gasteiger charge is -2.39. The van der Waals surface area contributed by atoms with Gasteiger partial charge >= 0.3 is 0 Å². The normalized spacial score (nSPS) is 22.2.